The van der Waals surface area contributed by atoms with Crippen LogP contribution in [0.4, 0.5) is 19.2 Å². The topological polar surface area (TPSA) is 224 Å². The third-order valence-corrected chi connectivity index (χ3v) is 13.1. The van der Waals surface area contributed by atoms with Crippen LogP contribution in [0.1, 0.15) is 49.9 Å². The summed E-state index contributed by atoms with van der Waals surface area (Å²) in [5.74, 6) is -1.19. The number of nitrogens with one attached hydrogen (secondary N) is 4. The predicted molar refractivity (Wildman–Crippen MR) is 221 cm³/mol. The molecule has 4 amide bonds. The molecule has 0 bridgehead atoms. The molecule has 0 aliphatic carbocycles. The minimum atomic E-state index is -4.85. The number of hydrogen-bond donors (Lipinski definition) is 4. The number of amides is 4. The average molecular weight is 885 g/mol. The zero-order valence-electron chi connectivity index (χ0n) is 34.0. The van der Waals surface area contributed by atoms with Crippen LogP contribution < -0.4 is 21.3 Å². The van der Waals surface area contributed by atoms with Gasteiger partial charge in [0.1, 0.15) is 51.3 Å². The van der Waals surface area contributed by atoms with Crippen molar-refractivity contribution in [1.29, 1.82) is 0 Å². The lowest BCUT2D eigenvalue weighted by molar-refractivity contribution is 0.0733. The molecule has 4 N–H and O–H groups in total. The second-order valence-electron chi connectivity index (χ2n) is 13.2. The highest BCUT2D eigenvalue weighted by Gasteiger charge is 2.44. The van der Waals surface area contributed by atoms with Crippen molar-refractivity contribution < 1.29 is 65.4 Å². The van der Waals surface area contributed by atoms with Crippen LogP contribution in [0, 0.1) is 0 Å². The van der Waals surface area contributed by atoms with Crippen LogP contribution >= 0.6 is 15.2 Å². The summed E-state index contributed by atoms with van der Waals surface area (Å²) in [7, 11) is -9.70. The van der Waals surface area contributed by atoms with Crippen molar-refractivity contribution in [1.82, 2.24) is 21.3 Å². The molecule has 4 aromatic rings. The molecule has 4 rings (SSSR count). The van der Waals surface area contributed by atoms with E-state index in [1.807, 2.05) is 0 Å². The number of carbonyl (C=O) groups is 4. The molecule has 20 heteroatoms. The van der Waals surface area contributed by atoms with E-state index in [2.05, 4.69) is 21.3 Å². The summed E-state index contributed by atoms with van der Waals surface area (Å²) in [6, 6.07) is 35.2. The third-order valence-electron chi connectivity index (χ3n) is 7.76. The lowest BCUT2D eigenvalue weighted by atomic mass is 10.2. The molecular formula is C41H50N4O14P2. The minimum absolute atomic E-state index is 0.103. The molecule has 4 aromatic carbocycles. The average Bonchev–Trinajstić information content (AvgIpc) is 3.21. The largest absolute Gasteiger partial charge is 0.445 e. The number of alkyl carbamates (subject to hydrolysis) is 4. The van der Waals surface area contributed by atoms with Crippen molar-refractivity contribution in [2.45, 2.75) is 79.0 Å². The maximum Gasteiger partial charge on any atom is 0.409 e. The van der Waals surface area contributed by atoms with E-state index in [-0.39, 0.29) is 26.4 Å². The van der Waals surface area contributed by atoms with Crippen molar-refractivity contribution >= 4 is 39.6 Å². The Morgan fingerprint density at radius 1 is 0.393 bits per heavy atom. The van der Waals surface area contributed by atoms with Crippen molar-refractivity contribution in [2.24, 2.45) is 0 Å². The summed E-state index contributed by atoms with van der Waals surface area (Å²) in [6.07, 6.45) is -9.61. The Bertz CT molecular complexity index is 1780. The molecule has 4 atom stereocenters. The highest BCUT2D eigenvalue weighted by Crippen LogP contribution is 2.65. The molecule has 0 radical (unpaired) electrons. The van der Waals surface area contributed by atoms with Gasteiger partial charge in [0.2, 0.25) is 0 Å². The van der Waals surface area contributed by atoms with E-state index in [0.717, 1.165) is 0 Å². The van der Waals surface area contributed by atoms with Gasteiger partial charge in [0, 0.05) is 0 Å². The maximum absolute atomic E-state index is 14.7. The van der Waals surface area contributed by atoms with Gasteiger partial charge in [-0.2, -0.15) is 0 Å². The summed E-state index contributed by atoms with van der Waals surface area (Å²) in [5, 5.41) is 9.47. The Hall–Kier alpha value is -5.74. The van der Waals surface area contributed by atoms with E-state index < -0.39 is 70.4 Å². The van der Waals surface area contributed by atoms with Crippen molar-refractivity contribution in [3.63, 3.8) is 0 Å². The molecule has 0 saturated carbocycles. The fourth-order valence-corrected chi connectivity index (χ4v) is 10.2. The normalized spacial score (nSPS) is 14.9. The monoisotopic (exact) mass is 884 g/mol. The molecule has 61 heavy (non-hydrogen) atoms. The van der Waals surface area contributed by atoms with E-state index in [4.69, 9.17) is 37.0 Å². The molecule has 0 aromatic heterocycles. The van der Waals surface area contributed by atoms with E-state index in [9.17, 15) is 28.3 Å². The van der Waals surface area contributed by atoms with Gasteiger partial charge >= 0.3 is 39.6 Å². The van der Waals surface area contributed by atoms with Crippen LogP contribution in [0.5, 0.6) is 0 Å². The van der Waals surface area contributed by atoms with Crippen LogP contribution in [0.15, 0.2) is 121 Å². The Morgan fingerprint density at radius 3 is 0.787 bits per heavy atom. The van der Waals surface area contributed by atoms with Gasteiger partial charge in [-0.1, -0.05) is 121 Å². The van der Waals surface area contributed by atoms with Gasteiger partial charge in [-0.25, -0.2) is 19.2 Å². The van der Waals surface area contributed by atoms with E-state index in [1.165, 1.54) is 27.7 Å². The molecular weight excluding hydrogens is 834 g/mol. The summed E-state index contributed by atoms with van der Waals surface area (Å²) in [5.41, 5.74) is 2.75. The minimum Gasteiger partial charge on any atom is -0.445 e. The lowest BCUT2D eigenvalue weighted by Crippen LogP contribution is -2.38. The third kappa shape index (κ3) is 19.0. The van der Waals surface area contributed by atoms with E-state index in [0.29, 0.717) is 22.3 Å². The second-order valence-corrected chi connectivity index (χ2v) is 17.6. The first kappa shape index (κ1) is 47.9. The number of carbonyl (C=O) groups excluding carboxylic acids is 4. The molecule has 4 unspecified atom stereocenters. The molecule has 18 nitrogen and oxygen atoms in total. The van der Waals surface area contributed by atoms with Crippen molar-refractivity contribution in [3.05, 3.63) is 144 Å². The van der Waals surface area contributed by atoms with Gasteiger partial charge in [-0.05, 0) is 49.9 Å². The summed E-state index contributed by atoms with van der Waals surface area (Å²) < 4.78 is 73.2. The number of hydrogen-bond acceptors (Lipinski definition) is 14. The molecule has 328 valence electrons. The fraction of sp³-hybridized carbons (Fsp3) is 0.317. The highest BCUT2D eigenvalue weighted by atomic mass is 31.2. The zero-order valence-corrected chi connectivity index (χ0v) is 35.8. The zero-order chi connectivity index (χ0) is 44.1. The first-order valence-corrected chi connectivity index (χ1v) is 22.4. The van der Waals surface area contributed by atoms with Crippen molar-refractivity contribution in [3.8, 4) is 0 Å². The summed E-state index contributed by atoms with van der Waals surface area (Å²) in [4.78, 5) is 50.9. The highest BCUT2D eigenvalue weighted by molar-refractivity contribution is 7.71. The number of ether oxygens (including phenoxy) is 4. The second kappa shape index (κ2) is 24.5. The van der Waals surface area contributed by atoms with Gasteiger partial charge in [0.05, 0.1) is 0 Å². The molecule has 0 aliphatic rings. The maximum atomic E-state index is 14.7. The van der Waals surface area contributed by atoms with Gasteiger partial charge in [0.15, 0.2) is 5.90 Å². The first-order valence-electron chi connectivity index (χ1n) is 19.0. The Balaban J connectivity index is 1.51. The van der Waals surface area contributed by atoms with Gasteiger partial charge in [0.25, 0.3) is 0 Å². The van der Waals surface area contributed by atoms with Crippen LogP contribution in [-0.4, -0.2) is 55.2 Å². The predicted octanol–water partition coefficient (Wildman–Crippen LogP) is 8.49. The molecule has 0 saturated heterocycles. The Morgan fingerprint density at radius 2 is 0.590 bits per heavy atom. The number of rotatable bonds is 22. The lowest BCUT2D eigenvalue weighted by Gasteiger charge is -2.30. The molecule has 0 heterocycles. The number of benzene rings is 4. The van der Waals surface area contributed by atoms with Crippen LogP contribution in [0.25, 0.3) is 0 Å². The standard InChI is InChI=1S/C41H50N4O14P2/c1-30(42-38(46)52-25-34-17-9-5-10-18-34)56-60(50,57-31(2)43-39(47)53-26-35-19-11-6-12-20-35)29-61(51,58-32(3)44-40(48)54-27-36-21-13-7-14-22-36)59-33(4)45-41(49)55-28-37-23-15-8-16-24-37/h5-24,30-33H,25-29H2,1-4H3,(H,42,46)(H,43,47)(H,44,48)(H,45,49). The van der Waals surface area contributed by atoms with Crippen LogP contribution in [-0.2, 0) is 72.6 Å². The van der Waals surface area contributed by atoms with Gasteiger partial charge < -0.3 is 18.9 Å². The quantitative estimate of drug-likeness (QED) is 0.0330. The van der Waals surface area contributed by atoms with Crippen molar-refractivity contribution in [2.75, 3.05) is 5.90 Å². The SMILES string of the molecule is CC(NC(=O)OCc1ccccc1)OP(=O)(CP(=O)(OC(C)NC(=O)OCc1ccccc1)OC(C)NC(=O)OCc1ccccc1)OC(C)NC(=O)OCc1ccccc1. The van der Waals surface area contributed by atoms with Crippen LogP contribution in [0.2, 0.25) is 0 Å². The smallest absolute Gasteiger partial charge is 0.409 e. The van der Waals surface area contributed by atoms with E-state index in [1.54, 1.807) is 121 Å². The Kier molecular flexibility index (Phi) is 19.3. The molecule has 0 aliphatic heterocycles. The van der Waals surface area contributed by atoms with Crippen LogP contribution in [0.3, 0.4) is 0 Å². The molecule has 0 spiro atoms. The molecule has 0 fully saturated rings. The summed E-state index contributed by atoms with van der Waals surface area (Å²) in [6.45, 7) is 4.75. The van der Waals surface area contributed by atoms with Gasteiger partial charge in [-0.15, -0.1) is 0 Å². The van der Waals surface area contributed by atoms with E-state index >= 15 is 0 Å². The first-order chi connectivity index (χ1) is 29.2. The summed E-state index contributed by atoms with van der Waals surface area (Å²) >= 11 is 0. The Labute approximate surface area is 353 Å². The fourth-order valence-electron chi connectivity index (χ4n) is 5.19. The van der Waals surface area contributed by atoms with Gasteiger partial charge in [-0.3, -0.25) is 48.5 Å².